The number of aliphatic carboxylic acids is 1. The Morgan fingerprint density at radius 3 is 2.52 bits per heavy atom. The van der Waals surface area contributed by atoms with Crippen LogP contribution < -0.4 is 0 Å². The summed E-state index contributed by atoms with van der Waals surface area (Å²) in [6.07, 6.45) is 11.5. The second kappa shape index (κ2) is 5.75. The molecule has 0 heterocycles. The molecule has 3 aliphatic carbocycles. The second-order valence-corrected chi connectivity index (χ2v) is 7.58. The van der Waals surface area contributed by atoms with Crippen LogP contribution >= 0.6 is 0 Å². The van der Waals surface area contributed by atoms with Crippen LogP contribution in [-0.4, -0.2) is 22.3 Å². The minimum absolute atomic E-state index is 0.188. The third kappa shape index (κ3) is 2.54. The molecule has 0 aromatic carbocycles. The van der Waals surface area contributed by atoms with Crippen molar-refractivity contribution in [2.75, 3.05) is 0 Å². The lowest BCUT2D eigenvalue weighted by atomic mass is 9.58. The van der Waals surface area contributed by atoms with E-state index in [1.54, 1.807) is 0 Å². The van der Waals surface area contributed by atoms with E-state index in [9.17, 15) is 15.0 Å². The minimum atomic E-state index is -0.645. The molecule has 1 spiro atoms. The fraction of sp³-hybridized carbons (Fsp3) is 0.833. The zero-order valence-electron chi connectivity index (χ0n) is 13.1. The van der Waals surface area contributed by atoms with Crippen LogP contribution in [0.3, 0.4) is 0 Å². The van der Waals surface area contributed by atoms with Crippen LogP contribution in [0.4, 0.5) is 0 Å². The first-order valence-corrected chi connectivity index (χ1v) is 8.62. The third-order valence-corrected chi connectivity index (χ3v) is 6.62. The number of aliphatic hydroxyl groups is 1. The van der Waals surface area contributed by atoms with E-state index in [4.69, 9.17) is 0 Å². The molecular formula is C18H28O3. The van der Waals surface area contributed by atoms with E-state index in [0.717, 1.165) is 24.8 Å². The summed E-state index contributed by atoms with van der Waals surface area (Å²) in [6, 6.07) is 0. The highest BCUT2D eigenvalue weighted by atomic mass is 16.4. The van der Waals surface area contributed by atoms with Gasteiger partial charge in [-0.15, -0.1) is 0 Å². The number of allylic oxidation sites excluding steroid dienone is 1. The number of aliphatic hydroxyl groups excluding tert-OH is 1. The van der Waals surface area contributed by atoms with Crippen LogP contribution in [0.15, 0.2) is 11.6 Å². The first kappa shape index (κ1) is 15.1. The molecule has 0 aliphatic heterocycles. The van der Waals surface area contributed by atoms with Crippen LogP contribution in [0.1, 0.15) is 64.7 Å². The Bertz CT molecular complexity index is 436. The highest BCUT2D eigenvalue weighted by molar-refractivity contribution is 5.72. The van der Waals surface area contributed by atoms with Crippen LogP contribution in [0.5, 0.6) is 0 Å². The van der Waals surface area contributed by atoms with Crippen molar-refractivity contribution in [3.63, 3.8) is 0 Å². The van der Waals surface area contributed by atoms with Crippen molar-refractivity contribution < 1.29 is 15.0 Å². The zero-order valence-corrected chi connectivity index (χ0v) is 13.1. The average Bonchev–Trinajstić information content (AvgIpc) is 2.83. The van der Waals surface area contributed by atoms with E-state index in [2.05, 4.69) is 6.08 Å². The molecule has 2 N–H and O–H groups in total. The smallest absolute Gasteiger partial charge is 0.307 e. The summed E-state index contributed by atoms with van der Waals surface area (Å²) < 4.78 is 0. The van der Waals surface area contributed by atoms with Gasteiger partial charge in [-0.25, -0.2) is 0 Å². The lowest BCUT2D eigenvalue weighted by Crippen LogP contribution is -2.44. The summed E-state index contributed by atoms with van der Waals surface area (Å²) in [7, 11) is 0. The number of carbonyl (C=O) groups is 1. The lowest BCUT2D eigenvalue weighted by Gasteiger charge is -2.46. The first-order valence-electron chi connectivity index (χ1n) is 8.62. The largest absolute Gasteiger partial charge is 0.481 e. The minimum Gasteiger partial charge on any atom is -0.481 e. The van der Waals surface area contributed by atoms with Crippen molar-refractivity contribution in [1.29, 1.82) is 0 Å². The summed E-state index contributed by atoms with van der Waals surface area (Å²) >= 11 is 0. The van der Waals surface area contributed by atoms with Gasteiger partial charge < -0.3 is 10.2 Å². The van der Waals surface area contributed by atoms with Gasteiger partial charge >= 0.3 is 5.97 Å². The van der Waals surface area contributed by atoms with Crippen molar-refractivity contribution in [2.45, 2.75) is 70.8 Å². The van der Waals surface area contributed by atoms with E-state index < -0.39 is 12.1 Å². The molecule has 0 radical (unpaired) electrons. The molecule has 3 rings (SSSR count). The Labute approximate surface area is 127 Å². The molecule has 3 heteroatoms. The molecule has 3 aliphatic rings. The van der Waals surface area contributed by atoms with Gasteiger partial charge in [0.25, 0.3) is 0 Å². The second-order valence-electron chi connectivity index (χ2n) is 7.58. The topological polar surface area (TPSA) is 57.5 Å². The molecule has 0 unspecified atom stereocenters. The Kier molecular flexibility index (Phi) is 4.13. The molecule has 4 atom stereocenters. The van der Waals surface area contributed by atoms with E-state index >= 15 is 0 Å². The third-order valence-electron chi connectivity index (χ3n) is 6.62. The SMILES string of the molecule is CC1=CC[C@@]2(C[C@@H]1O)[C@@H](C(=O)O)CC[C@H]2C1CCCCC1. The summed E-state index contributed by atoms with van der Waals surface area (Å²) in [4.78, 5) is 11.8. The monoisotopic (exact) mass is 292 g/mol. The fourth-order valence-electron chi connectivity index (χ4n) is 5.47. The molecule has 2 saturated carbocycles. The van der Waals surface area contributed by atoms with Gasteiger partial charge in [-0.05, 0) is 55.4 Å². The Hall–Kier alpha value is -0.830. The van der Waals surface area contributed by atoms with Gasteiger partial charge in [-0.2, -0.15) is 0 Å². The van der Waals surface area contributed by atoms with Gasteiger partial charge in [0.2, 0.25) is 0 Å². The molecule has 0 bridgehead atoms. The molecule has 0 aromatic heterocycles. The van der Waals surface area contributed by atoms with Gasteiger partial charge in [0.15, 0.2) is 0 Å². The number of hydrogen-bond donors (Lipinski definition) is 2. The van der Waals surface area contributed by atoms with Gasteiger partial charge in [0.1, 0.15) is 0 Å². The molecule has 0 aromatic rings. The maximum atomic E-state index is 11.8. The number of carboxylic acid groups (broad SMARTS) is 1. The van der Waals surface area contributed by atoms with Gasteiger partial charge in [0, 0.05) is 0 Å². The quantitative estimate of drug-likeness (QED) is 0.762. The maximum Gasteiger partial charge on any atom is 0.307 e. The van der Waals surface area contributed by atoms with Gasteiger partial charge in [-0.3, -0.25) is 4.79 Å². The van der Waals surface area contributed by atoms with E-state index in [-0.39, 0.29) is 11.3 Å². The normalized spacial score (nSPS) is 41.2. The van der Waals surface area contributed by atoms with E-state index in [0.29, 0.717) is 18.3 Å². The van der Waals surface area contributed by atoms with Crippen molar-refractivity contribution in [3.05, 3.63) is 11.6 Å². The molecule has 3 nitrogen and oxygen atoms in total. The predicted molar refractivity (Wildman–Crippen MR) is 81.9 cm³/mol. The van der Waals surface area contributed by atoms with Crippen molar-refractivity contribution in [2.24, 2.45) is 23.2 Å². The molecule has 21 heavy (non-hydrogen) atoms. The Morgan fingerprint density at radius 2 is 1.90 bits per heavy atom. The molecule has 118 valence electrons. The Morgan fingerprint density at radius 1 is 1.19 bits per heavy atom. The molecule has 2 fully saturated rings. The van der Waals surface area contributed by atoms with E-state index in [1.165, 1.54) is 32.1 Å². The van der Waals surface area contributed by atoms with Crippen molar-refractivity contribution >= 4 is 5.97 Å². The zero-order chi connectivity index (χ0) is 15.0. The summed E-state index contributed by atoms with van der Waals surface area (Å²) in [5.41, 5.74) is 0.839. The summed E-state index contributed by atoms with van der Waals surface area (Å²) in [6.45, 7) is 1.97. The molecule has 0 saturated heterocycles. The van der Waals surface area contributed by atoms with Crippen LogP contribution in [0, 0.1) is 23.2 Å². The highest BCUT2D eigenvalue weighted by Gasteiger charge is 2.56. The summed E-state index contributed by atoms with van der Waals surface area (Å²) in [5, 5.41) is 20.1. The lowest BCUT2D eigenvalue weighted by molar-refractivity contribution is -0.148. The van der Waals surface area contributed by atoms with Crippen LogP contribution in [0.25, 0.3) is 0 Å². The highest BCUT2D eigenvalue weighted by Crippen LogP contribution is 2.59. The van der Waals surface area contributed by atoms with Crippen LogP contribution in [-0.2, 0) is 4.79 Å². The first-order chi connectivity index (χ1) is 10.0. The fourth-order valence-corrected chi connectivity index (χ4v) is 5.47. The van der Waals surface area contributed by atoms with E-state index in [1.807, 2.05) is 6.92 Å². The number of hydrogen-bond acceptors (Lipinski definition) is 2. The van der Waals surface area contributed by atoms with Crippen LogP contribution in [0.2, 0.25) is 0 Å². The number of rotatable bonds is 2. The summed E-state index contributed by atoms with van der Waals surface area (Å²) in [5.74, 6) is 0.275. The van der Waals surface area contributed by atoms with Crippen molar-refractivity contribution in [3.8, 4) is 0 Å². The molecule has 0 amide bonds. The van der Waals surface area contributed by atoms with Gasteiger partial charge in [-0.1, -0.05) is 38.2 Å². The maximum absolute atomic E-state index is 11.8. The van der Waals surface area contributed by atoms with Crippen molar-refractivity contribution in [1.82, 2.24) is 0 Å². The Balaban J connectivity index is 1.91. The predicted octanol–water partition coefficient (Wildman–Crippen LogP) is 3.76. The standard InChI is InChI=1S/C18H28O3/c1-12-9-10-18(11-16(12)19)14(7-8-15(18)17(20)21)13-5-3-2-4-6-13/h9,13-16,19H,2-8,10-11H2,1H3,(H,20,21)/t14-,15+,16-,18-/m0/s1. The molecular weight excluding hydrogens is 264 g/mol. The number of carboxylic acids is 1. The average molecular weight is 292 g/mol. The van der Waals surface area contributed by atoms with Gasteiger partial charge in [0.05, 0.1) is 12.0 Å².